The van der Waals surface area contributed by atoms with Crippen LogP contribution in [0.3, 0.4) is 0 Å². The summed E-state index contributed by atoms with van der Waals surface area (Å²) in [4.78, 5) is 34.1. The van der Waals surface area contributed by atoms with Crippen molar-refractivity contribution in [2.24, 2.45) is 0 Å². The van der Waals surface area contributed by atoms with E-state index in [1.54, 1.807) is 19.1 Å². The number of amides is 2. The number of carboxylic acid groups (broad SMARTS) is 1. The number of aromatic carboxylic acids is 1. The monoisotopic (exact) mass is 333 g/mol. The van der Waals surface area contributed by atoms with Gasteiger partial charge in [0, 0.05) is 10.9 Å². The molecule has 8 heteroatoms. The fourth-order valence-electron chi connectivity index (χ4n) is 2.31. The van der Waals surface area contributed by atoms with Gasteiger partial charge in [-0.3, -0.25) is 14.9 Å². The second-order valence-electron chi connectivity index (χ2n) is 4.93. The van der Waals surface area contributed by atoms with Crippen LogP contribution in [-0.2, 0) is 4.79 Å². The molecular formula is C15H11NO6S. The Labute approximate surface area is 134 Å². The molecule has 0 bridgehead atoms. The molecule has 0 saturated carbocycles. The van der Waals surface area contributed by atoms with E-state index in [0.29, 0.717) is 16.5 Å². The second kappa shape index (κ2) is 5.56. The van der Waals surface area contributed by atoms with Crippen LogP contribution in [0.5, 0.6) is 0 Å². The second-order valence-corrected chi connectivity index (χ2v) is 5.95. The molecular weight excluding hydrogens is 322 g/mol. The average Bonchev–Trinajstić information content (AvgIpc) is 3.03. The molecule has 1 aromatic heterocycles. The number of furan rings is 1. The van der Waals surface area contributed by atoms with E-state index in [0.717, 1.165) is 11.8 Å². The molecule has 2 amide bonds. The number of rotatable bonds is 3. The van der Waals surface area contributed by atoms with Crippen molar-refractivity contribution in [3.63, 3.8) is 0 Å². The van der Waals surface area contributed by atoms with E-state index in [2.05, 4.69) is 5.32 Å². The van der Waals surface area contributed by atoms with Crippen LogP contribution in [0.4, 0.5) is 4.79 Å². The number of thioether (sulfide) groups is 1. The van der Waals surface area contributed by atoms with Gasteiger partial charge in [-0.1, -0.05) is 12.1 Å². The molecule has 1 saturated heterocycles. The van der Waals surface area contributed by atoms with E-state index in [9.17, 15) is 19.5 Å². The minimum absolute atomic E-state index is 0.189. The number of hydrogen-bond donors (Lipinski definition) is 3. The molecule has 118 valence electrons. The summed E-state index contributed by atoms with van der Waals surface area (Å²) in [5, 5.41) is 21.0. The van der Waals surface area contributed by atoms with E-state index in [1.165, 1.54) is 12.1 Å². The van der Waals surface area contributed by atoms with Gasteiger partial charge in [-0.15, -0.1) is 0 Å². The Morgan fingerprint density at radius 3 is 2.70 bits per heavy atom. The van der Waals surface area contributed by atoms with Crippen molar-refractivity contribution in [2.45, 2.75) is 13.0 Å². The highest BCUT2D eigenvalue weighted by molar-refractivity contribution is 8.18. The third-order valence-corrected chi connectivity index (χ3v) is 4.15. The first kappa shape index (κ1) is 15.3. The van der Waals surface area contributed by atoms with E-state index in [-0.39, 0.29) is 16.2 Å². The summed E-state index contributed by atoms with van der Waals surface area (Å²) in [7, 11) is 0. The maximum Gasteiger partial charge on any atom is 0.371 e. The molecule has 2 heterocycles. The van der Waals surface area contributed by atoms with Crippen molar-refractivity contribution < 1.29 is 29.0 Å². The third-order valence-electron chi connectivity index (χ3n) is 3.34. The summed E-state index contributed by atoms with van der Waals surface area (Å²) in [6.45, 7) is 1.55. The Bertz CT molecular complexity index is 879. The summed E-state index contributed by atoms with van der Waals surface area (Å²) in [5.41, 5.74) is 1.20. The average molecular weight is 333 g/mol. The van der Waals surface area contributed by atoms with E-state index in [1.807, 2.05) is 0 Å². The maximum atomic E-state index is 11.6. The molecule has 1 atom stereocenters. The Kier molecular flexibility index (Phi) is 3.70. The number of hydrogen-bond acceptors (Lipinski definition) is 6. The van der Waals surface area contributed by atoms with Crippen molar-refractivity contribution in [3.8, 4) is 0 Å². The summed E-state index contributed by atoms with van der Waals surface area (Å²) in [6.07, 6.45) is 0.637. The third kappa shape index (κ3) is 2.73. The molecule has 2 aromatic rings. The van der Waals surface area contributed by atoms with Gasteiger partial charge in [0.15, 0.2) is 0 Å². The molecule has 0 spiro atoms. The van der Waals surface area contributed by atoms with E-state index < -0.39 is 23.2 Å². The Hall–Kier alpha value is -2.58. The minimum Gasteiger partial charge on any atom is -0.475 e. The summed E-state index contributed by atoms with van der Waals surface area (Å²) >= 11 is 0.755. The van der Waals surface area contributed by atoms with Gasteiger partial charge in [0.05, 0.1) is 11.0 Å². The molecule has 1 unspecified atom stereocenters. The predicted octanol–water partition coefficient (Wildman–Crippen LogP) is 2.51. The SMILES string of the molecule is CC(O)c1ccc(/C=C2\SC(=O)NC2=O)c2oc(C(=O)O)cc12. The lowest BCUT2D eigenvalue weighted by Gasteiger charge is -2.07. The molecule has 23 heavy (non-hydrogen) atoms. The van der Waals surface area contributed by atoms with Gasteiger partial charge in [-0.2, -0.15) is 0 Å². The quantitative estimate of drug-likeness (QED) is 0.739. The largest absolute Gasteiger partial charge is 0.475 e. The molecule has 1 aliphatic rings. The minimum atomic E-state index is -1.24. The van der Waals surface area contributed by atoms with Gasteiger partial charge in [-0.05, 0) is 36.4 Å². The van der Waals surface area contributed by atoms with Crippen molar-refractivity contribution in [1.29, 1.82) is 0 Å². The van der Waals surface area contributed by atoms with Crippen molar-refractivity contribution in [3.05, 3.63) is 40.0 Å². The van der Waals surface area contributed by atoms with Crippen LogP contribution in [0.1, 0.15) is 34.7 Å². The zero-order valence-electron chi connectivity index (χ0n) is 11.8. The summed E-state index contributed by atoms with van der Waals surface area (Å²) in [6, 6.07) is 4.55. The molecule has 1 fully saturated rings. The highest BCUT2D eigenvalue weighted by atomic mass is 32.2. The number of aliphatic hydroxyl groups excluding tert-OH is 1. The van der Waals surface area contributed by atoms with Crippen molar-refractivity contribution in [2.75, 3.05) is 0 Å². The van der Waals surface area contributed by atoms with Crippen LogP contribution >= 0.6 is 11.8 Å². The van der Waals surface area contributed by atoms with E-state index in [4.69, 9.17) is 9.52 Å². The number of aliphatic hydroxyl groups is 1. The summed E-state index contributed by atoms with van der Waals surface area (Å²) in [5.74, 6) is -2.02. The fraction of sp³-hybridized carbons (Fsp3) is 0.133. The van der Waals surface area contributed by atoms with Crippen LogP contribution in [-0.4, -0.2) is 27.3 Å². The number of carbonyl (C=O) groups excluding carboxylic acids is 2. The topological polar surface area (TPSA) is 117 Å². The first-order valence-corrected chi connectivity index (χ1v) is 7.41. The molecule has 1 aromatic carbocycles. The van der Waals surface area contributed by atoms with E-state index >= 15 is 0 Å². The zero-order valence-corrected chi connectivity index (χ0v) is 12.6. The number of carboxylic acids is 1. The zero-order chi connectivity index (χ0) is 16.7. The smallest absolute Gasteiger partial charge is 0.371 e. The van der Waals surface area contributed by atoms with Crippen LogP contribution < -0.4 is 5.32 Å². The maximum absolute atomic E-state index is 11.6. The number of fused-ring (bicyclic) bond motifs is 1. The lowest BCUT2D eigenvalue weighted by atomic mass is 10.0. The fourth-order valence-corrected chi connectivity index (χ4v) is 2.98. The van der Waals surface area contributed by atoms with Crippen LogP contribution in [0.15, 0.2) is 27.5 Å². The van der Waals surface area contributed by atoms with Gasteiger partial charge in [0.1, 0.15) is 5.58 Å². The van der Waals surface area contributed by atoms with Gasteiger partial charge in [-0.25, -0.2) is 4.79 Å². The predicted molar refractivity (Wildman–Crippen MR) is 82.9 cm³/mol. The summed E-state index contributed by atoms with van der Waals surface area (Å²) < 4.78 is 5.34. The Morgan fingerprint density at radius 1 is 1.39 bits per heavy atom. The first-order chi connectivity index (χ1) is 10.9. The van der Waals surface area contributed by atoms with Crippen LogP contribution in [0.25, 0.3) is 17.0 Å². The number of carbonyl (C=O) groups is 3. The standard InChI is InChI=1S/C15H11NO6S/c1-6(17)8-3-2-7(4-11-13(18)16-15(21)23-11)12-9(8)5-10(22-12)14(19)20/h2-6,17H,1H3,(H,19,20)(H,16,18,21)/b11-4-. The number of nitrogens with one attached hydrogen (secondary N) is 1. The molecule has 0 aliphatic carbocycles. The van der Waals surface area contributed by atoms with Crippen molar-refractivity contribution in [1.82, 2.24) is 5.32 Å². The highest BCUT2D eigenvalue weighted by Gasteiger charge is 2.26. The molecule has 3 N–H and O–H groups in total. The Morgan fingerprint density at radius 2 is 2.13 bits per heavy atom. The van der Waals surface area contributed by atoms with Crippen molar-refractivity contribution >= 4 is 45.9 Å². The van der Waals surface area contributed by atoms with Gasteiger partial charge in [0.2, 0.25) is 5.76 Å². The lowest BCUT2D eigenvalue weighted by molar-refractivity contribution is -0.115. The lowest BCUT2D eigenvalue weighted by Crippen LogP contribution is -2.17. The van der Waals surface area contributed by atoms with Crippen LogP contribution in [0.2, 0.25) is 0 Å². The van der Waals surface area contributed by atoms with Gasteiger partial charge >= 0.3 is 5.97 Å². The van der Waals surface area contributed by atoms with Gasteiger partial charge in [0.25, 0.3) is 11.1 Å². The highest BCUT2D eigenvalue weighted by Crippen LogP contribution is 2.33. The first-order valence-electron chi connectivity index (χ1n) is 6.59. The van der Waals surface area contributed by atoms with Gasteiger partial charge < -0.3 is 14.6 Å². The number of benzene rings is 1. The number of imide groups is 1. The molecule has 7 nitrogen and oxygen atoms in total. The molecule has 0 radical (unpaired) electrons. The molecule has 1 aliphatic heterocycles. The van der Waals surface area contributed by atoms with Crippen LogP contribution in [0, 0.1) is 0 Å². The molecule has 3 rings (SSSR count). The normalized spacial score (nSPS) is 17.7. The Balaban J connectivity index is 2.20.